The van der Waals surface area contributed by atoms with Crippen molar-refractivity contribution in [2.75, 3.05) is 25.5 Å². The number of carboxylic acids is 2. The summed E-state index contributed by atoms with van der Waals surface area (Å²) < 4.78 is 1.40. The number of fused-ring (bicyclic) bond motifs is 1. The Morgan fingerprint density at radius 2 is 1.83 bits per heavy atom. The number of hydrogen-bond acceptors (Lipinski definition) is 7. The van der Waals surface area contributed by atoms with Gasteiger partial charge in [-0.2, -0.15) is 0 Å². The molecule has 0 aliphatic carbocycles. The van der Waals surface area contributed by atoms with Crippen LogP contribution in [-0.4, -0.2) is 72.6 Å². The van der Waals surface area contributed by atoms with Gasteiger partial charge in [-0.15, -0.1) is 0 Å². The first kappa shape index (κ1) is 16.1. The van der Waals surface area contributed by atoms with Crippen LogP contribution >= 0.6 is 0 Å². The van der Waals surface area contributed by atoms with Crippen LogP contribution in [0.25, 0.3) is 11.2 Å². The maximum absolute atomic E-state index is 12.2. The van der Waals surface area contributed by atoms with E-state index in [-0.39, 0.29) is 6.54 Å². The monoisotopic (exact) mass is 322 g/mol. The minimum atomic E-state index is -1.30. The zero-order chi connectivity index (χ0) is 17.0. The molecule has 0 radical (unpaired) electrons. The highest BCUT2D eigenvalue weighted by Crippen LogP contribution is 2.16. The summed E-state index contributed by atoms with van der Waals surface area (Å²) in [5.74, 6) is -2.78. The summed E-state index contributed by atoms with van der Waals surface area (Å²) in [5, 5.41) is 20.4. The Labute approximate surface area is 129 Å². The molecule has 0 saturated heterocycles. The number of anilines is 1. The van der Waals surface area contributed by atoms with Crippen LogP contribution in [0.4, 0.5) is 5.82 Å². The van der Waals surface area contributed by atoms with Crippen molar-refractivity contribution in [2.24, 2.45) is 0 Å². The van der Waals surface area contributed by atoms with Gasteiger partial charge in [0.15, 0.2) is 11.5 Å². The van der Waals surface area contributed by atoms with Crippen molar-refractivity contribution in [3.63, 3.8) is 0 Å². The molecular formula is C12H14N6O5. The molecule has 0 aliphatic rings. The molecule has 0 spiro atoms. The number of aliphatic carboxylic acids is 2. The predicted octanol–water partition coefficient (Wildman–Crippen LogP) is -1.13. The van der Waals surface area contributed by atoms with Gasteiger partial charge in [-0.05, 0) is 0 Å². The smallest absolute Gasteiger partial charge is 0.323 e. The number of carboxylic acid groups (broad SMARTS) is 2. The molecule has 11 nitrogen and oxygen atoms in total. The number of hydrogen-bond donors (Lipinski definition) is 3. The zero-order valence-corrected chi connectivity index (χ0v) is 12.1. The van der Waals surface area contributed by atoms with E-state index in [0.717, 1.165) is 4.90 Å². The minimum absolute atomic E-state index is 0.281. The van der Waals surface area contributed by atoms with Crippen molar-refractivity contribution in [1.82, 2.24) is 24.4 Å². The molecule has 0 unspecified atom stereocenters. The van der Waals surface area contributed by atoms with Gasteiger partial charge in [0.25, 0.3) is 0 Å². The maximum atomic E-state index is 12.2. The average molecular weight is 322 g/mol. The number of nitrogens with one attached hydrogen (secondary N) is 1. The lowest BCUT2D eigenvalue weighted by molar-refractivity contribution is -0.149. The van der Waals surface area contributed by atoms with E-state index < -0.39 is 30.9 Å². The lowest BCUT2D eigenvalue weighted by Crippen LogP contribution is -2.41. The topological polar surface area (TPSA) is 151 Å². The van der Waals surface area contributed by atoms with Crippen LogP contribution in [0.3, 0.4) is 0 Å². The molecule has 2 aromatic heterocycles. The fraction of sp³-hybridized carbons (Fsp3) is 0.333. The first-order valence-corrected chi connectivity index (χ1v) is 6.47. The second-order valence-corrected chi connectivity index (χ2v) is 4.55. The Hall–Kier alpha value is -3.24. The van der Waals surface area contributed by atoms with E-state index in [9.17, 15) is 14.4 Å². The van der Waals surface area contributed by atoms with Crippen LogP contribution in [0, 0.1) is 0 Å². The van der Waals surface area contributed by atoms with E-state index in [1.165, 1.54) is 17.2 Å². The number of imidazole rings is 1. The van der Waals surface area contributed by atoms with Crippen molar-refractivity contribution >= 4 is 34.8 Å². The molecule has 2 heterocycles. The van der Waals surface area contributed by atoms with E-state index in [2.05, 4.69) is 20.3 Å². The van der Waals surface area contributed by atoms with Crippen molar-refractivity contribution in [3.05, 3.63) is 12.7 Å². The molecule has 2 rings (SSSR count). The van der Waals surface area contributed by atoms with Gasteiger partial charge in [0.1, 0.15) is 31.5 Å². The van der Waals surface area contributed by atoms with Gasteiger partial charge in [0.2, 0.25) is 5.91 Å². The number of rotatable bonds is 7. The third-order valence-electron chi connectivity index (χ3n) is 2.95. The summed E-state index contributed by atoms with van der Waals surface area (Å²) in [7, 11) is 1.66. The molecule has 0 fully saturated rings. The Morgan fingerprint density at radius 3 is 2.39 bits per heavy atom. The maximum Gasteiger partial charge on any atom is 0.323 e. The third-order valence-corrected chi connectivity index (χ3v) is 2.95. The largest absolute Gasteiger partial charge is 0.480 e. The Bertz CT molecular complexity index is 741. The first-order chi connectivity index (χ1) is 10.9. The summed E-state index contributed by atoms with van der Waals surface area (Å²) in [6.45, 7) is -1.68. The summed E-state index contributed by atoms with van der Waals surface area (Å²) in [5.41, 5.74) is 0.828. The van der Waals surface area contributed by atoms with Gasteiger partial charge in [0.05, 0.1) is 6.33 Å². The standard InChI is InChI=1S/C12H14N6O5/c1-13-11-10-12(15-5-14-11)18(6-16-10)2-7(19)17(3-8(20)21)4-9(22)23/h5-6H,2-4H2,1H3,(H,20,21)(H,22,23)(H,13,14,15). The summed E-state index contributed by atoms with van der Waals surface area (Å²) in [6, 6.07) is 0. The average Bonchev–Trinajstić information content (AvgIpc) is 2.88. The van der Waals surface area contributed by atoms with Crippen molar-refractivity contribution < 1.29 is 24.6 Å². The highest BCUT2D eigenvalue weighted by molar-refractivity contribution is 5.87. The minimum Gasteiger partial charge on any atom is -0.480 e. The van der Waals surface area contributed by atoms with E-state index in [1.54, 1.807) is 7.05 Å². The molecule has 3 N–H and O–H groups in total. The molecule has 122 valence electrons. The molecular weight excluding hydrogens is 308 g/mol. The van der Waals surface area contributed by atoms with Gasteiger partial charge < -0.3 is 25.0 Å². The Morgan fingerprint density at radius 1 is 1.17 bits per heavy atom. The van der Waals surface area contributed by atoms with Crippen molar-refractivity contribution in [3.8, 4) is 0 Å². The fourth-order valence-electron chi connectivity index (χ4n) is 1.98. The van der Waals surface area contributed by atoms with Crippen LogP contribution in [0.5, 0.6) is 0 Å². The normalized spacial score (nSPS) is 10.5. The molecule has 0 bridgehead atoms. The van der Waals surface area contributed by atoms with E-state index in [0.29, 0.717) is 17.0 Å². The van der Waals surface area contributed by atoms with Crippen molar-refractivity contribution in [1.29, 1.82) is 0 Å². The zero-order valence-electron chi connectivity index (χ0n) is 12.1. The third kappa shape index (κ3) is 3.70. The molecule has 1 amide bonds. The summed E-state index contributed by atoms with van der Waals surface area (Å²) >= 11 is 0. The molecule has 0 aromatic carbocycles. The molecule has 23 heavy (non-hydrogen) atoms. The number of aromatic nitrogens is 4. The highest BCUT2D eigenvalue weighted by atomic mass is 16.4. The molecule has 0 aliphatic heterocycles. The van der Waals surface area contributed by atoms with Gasteiger partial charge >= 0.3 is 11.9 Å². The number of carbonyl (C=O) groups is 3. The lowest BCUT2D eigenvalue weighted by Gasteiger charge is -2.18. The van der Waals surface area contributed by atoms with Crippen LogP contribution in [0.15, 0.2) is 12.7 Å². The van der Waals surface area contributed by atoms with Crippen LogP contribution in [-0.2, 0) is 20.9 Å². The lowest BCUT2D eigenvalue weighted by atomic mass is 10.4. The van der Waals surface area contributed by atoms with Crippen molar-refractivity contribution in [2.45, 2.75) is 6.54 Å². The van der Waals surface area contributed by atoms with Gasteiger partial charge in [-0.25, -0.2) is 15.0 Å². The quantitative estimate of drug-likeness (QED) is 0.575. The molecule has 11 heteroatoms. The van der Waals surface area contributed by atoms with Gasteiger partial charge in [-0.1, -0.05) is 0 Å². The van der Waals surface area contributed by atoms with Gasteiger partial charge in [-0.3, -0.25) is 14.4 Å². The summed E-state index contributed by atoms with van der Waals surface area (Å²) in [4.78, 5) is 46.5. The predicted molar refractivity (Wildman–Crippen MR) is 76.7 cm³/mol. The van der Waals surface area contributed by atoms with E-state index in [4.69, 9.17) is 10.2 Å². The van der Waals surface area contributed by atoms with E-state index in [1.807, 2.05) is 0 Å². The first-order valence-electron chi connectivity index (χ1n) is 6.47. The molecule has 0 atom stereocenters. The summed E-state index contributed by atoms with van der Waals surface area (Å²) in [6.07, 6.45) is 2.65. The van der Waals surface area contributed by atoms with Gasteiger partial charge in [0, 0.05) is 7.05 Å². The molecule has 0 saturated carbocycles. The Kier molecular flexibility index (Phi) is 4.69. The second kappa shape index (κ2) is 6.68. The van der Waals surface area contributed by atoms with Crippen LogP contribution in [0.1, 0.15) is 0 Å². The molecule has 2 aromatic rings. The number of carbonyl (C=O) groups excluding carboxylic acids is 1. The van der Waals surface area contributed by atoms with Crippen LogP contribution in [0.2, 0.25) is 0 Å². The van der Waals surface area contributed by atoms with Crippen LogP contribution < -0.4 is 5.32 Å². The second-order valence-electron chi connectivity index (χ2n) is 4.55. The number of amides is 1. The van der Waals surface area contributed by atoms with E-state index >= 15 is 0 Å². The Balaban J connectivity index is 2.24. The fourth-order valence-corrected chi connectivity index (χ4v) is 1.98. The highest BCUT2D eigenvalue weighted by Gasteiger charge is 2.21. The number of nitrogens with zero attached hydrogens (tertiary/aromatic N) is 5. The SMILES string of the molecule is CNc1ncnc2c1ncn2CC(=O)N(CC(=O)O)CC(=O)O.